The van der Waals surface area contributed by atoms with Gasteiger partial charge in [0.05, 0.1) is 26.4 Å². The van der Waals surface area contributed by atoms with Crippen LogP contribution in [0.15, 0.2) is 48.5 Å². The monoisotopic (exact) mass is 428 g/mol. The molecule has 1 aliphatic rings. The minimum Gasteiger partial charge on any atom is -0.497 e. The molecule has 170 valence electrons. The second kappa shape index (κ2) is 11.9. The number of β-amino-alcohol motifs (C(OH)–C–C–N with tert-alkyl or cyclic N) is 1. The average Bonchev–Trinajstić information content (AvgIpc) is 2.80. The van der Waals surface area contributed by atoms with Gasteiger partial charge in [-0.05, 0) is 47.9 Å². The minimum atomic E-state index is -0.488. The zero-order valence-corrected chi connectivity index (χ0v) is 19.0. The van der Waals surface area contributed by atoms with E-state index in [0.29, 0.717) is 32.3 Å². The van der Waals surface area contributed by atoms with Gasteiger partial charge in [-0.1, -0.05) is 26.0 Å². The molecule has 2 aromatic carbocycles. The van der Waals surface area contributed by atoms with E-state index >= 15 is 0 Å². The van der Waals surface area contributed by atoms with Crippen LogP contribution in [0.4, 0.5) is 5.69 Å². The lowest BCUT2D eigenvalue weighted by Crippen LogP contribution is -2.49. The van der Waals surface area contributed by atoms with E-state index in [1.54, 1.807) is 7.11 Å². The van der Waals surface area contributed by atoms with Crippen molar-refractivity contribution in [2.24, 2.45) is 0 Å². The van der Waals surface area contributed by atoms with Crippen LogP contribution in [0.5, 0.6) is 11.5 Å². The van der Waals surface area contributed by atoms with Crippen LogP contribution < -0.4 is 14.4 Å². The molecule has 1 saturated heterocycles. The van der Waals surface area contributed by atoms with Gasteiger partial charge in [-0.15, -0.1) is 0 Å². The standard InChI is InChI=1S/C25H36N2O4/c1-20(2)21-4-8-25(9-5-21)31-17-16-30-19-23(28)18-26-12-14-27(15-13-26)22-6-10-24(29-3)11-7-22/h4-11,20,23,28H,12-19H2,1-3H3/t23-/m0/s1. The molecule has 0 aliphatic carbocycles. The Morgan fingerprint density at radius 2 is 1.52 bits per heavy atom. The normalized spacial score (nSPS) is 15.8. The summed E-state index contributed by atoms with van der Waals surface area (Å²) in [5.74, 6) is 2.24. The summed E-state index contributed by atoms with van der Waals surface area (Å²) >= 11 is 0. The van der Waals surface area contributed by atoms with Crippen molar-refractivity contribution in [1.82, 2.24) is 4.90 Å². The van der Waals surface area contributed by atoms with E-state index < -0.39 is 6.10 Å². The predicted molar refractivity (Wildman–Crippen MR) is 124 cm³/mol. The van der Waals surface area contributed by atoms with Crippen molar-refractivity contribution in [2.45, 2.75) is 25.9 Å². The van der Waals surface area contributed by atoms with E-state index in [1.807, 2.05) is 24.3 Å². The van der Waals surface area contributed by atoms with Crippen molar-refractivity contribution in [1.29, 1.82) is 0 Å². The average molecular weight is 429 g/mol. The maximum absolute atomic E-state index is 10.3. The Labute approximate surface area is 186 Å². The van der Waals surface area contributed by atoms with Gasteiger partial charge >= 0.3 is 0 Å². The predicted octanol–water partition coefficient (Wildman–Crippen LogP) is 3.40. The molecule has 1 heterocycles. The molecule has 0 spiro atoms. The fourth-order valence-corrected chi connectivity index (χ4v) is 3.72. The molecule has 1 N–H and O–H groups in total. The summed E-state index contributed by atoms with van der Waals surface area (Å²) in [5, 5.41) is 10.3. The molecule has 0 bridgehead atoms. The lowest BCUT2D eigenvalue weighted by atomic mass is 10.0. The van der Waals surface area contributed by atoms with Crippen molar-refractivity contribution in [2.75, 3.05) is 64.6 Å². The molecule has 31 heavy (non-hydrogen) atoms. The number of hydrogen-bond donors (Lipinski definition) is 1. The minimum absolute atomic E-state index is 0.328. The summed E-state index contributed by atoms with van der Waals surface area (Å²) in [6.45, 7) is 10.0. The molecule has 0 unspecified atom stereocenters. The Morgan fingerprint density at radius 1 is 0.871 bits per heavy atom. The highest BCUT2D eigenvalue weighted by Gasteiger charge is 2.19. The summed E-state index contributed by atoms with van der Waals surface area (Å²) < 4.78 is 16.5. The van der Waals surface area contributed by atoms with Gasteiger partial charge in [0.15, 0.2) is 0 Å². The van der Waals surface area contributed by atoms with Gasteiger partial charge < -0.3 is 24.2 Å². The third-order valence-corrected chi connectivity index (χ3v) is 5.63. The van der Waals surface area contributed by atoms with Crippen LogP contribution in [0.25, 0.3) is 0 Å². The molecule has 2 aromatic rings. The zero-order valence-electron chi connectivity index (χ0n) is 19.0. The van der Waals surface area contributed by atoms with Crippen LogP contribution in [0.2, 0.25) is 0 Å². The molecule has 1 atom stereocenters. The first-order valence-corrected chi connectivity index (χ1v) is 11.1. The molecule has 0 aromatic heterocycles. The Hall–Kier alpha value is -2.28. The van der Waals surface area contributed by atoms with E-state index in [2.05, 4.69) is 47.9 Å². The number of rotatable bonds is 11. The van der Waals surface area contributed by atoms with Gasteiger partial charge in [0.25, 0.3) is 0 Å². The second-order valence-electron chi connectivity index (χ2n) is 8.29. The third-order valence-electron chi connectivity index (χ3n) is 5.63. The number of hydrogen-bond acceptors (Lipinski definition) is 6. The first kappa shape index (κ1) is 23.4. The summed E-state index contributed by atoms with van der Waals surface area (Å²) in [6, 6.07) is 16.4. The smallest absolute Gasteiger partial charge is 0.119 e. The van der Waals surface area contributed by atoms with Crippen LogP contribution in [0.3, 0.4) is 0 Å². The van der Waals surface area contributed by atoms with Crippen LogP contribution in [0.1, 0.15) is 25.3 Å². The number of ether oxygens (including phenoxy) is 3. The number of piperazine rings is 1. The molecule has 0 amide bonds. The van der Waals surface area contributed by atoms with Crippen molar-refractivity contribution in [3.63, 3.8) is 0 Å². The lowest BCUT2D eigenvalue weighted by Gasteiger charge is -2.36. The van der Waals surface area contributed by atoms with Gasteiger partial charge in [-0.25, -0.2) is 0 Å². The van der Waals surface area contributed by atoms with E-state index in [9.17, 15) is 5.11 Å². The molecule has 1 aliphatic heterocycles. The maximum atomic E-state index is 10.3. The molecule has 6 heteroatoms. The second-order valence-corrected chi connectivity index (χ2v) is 8.29. The topological polar surface area (TPSA) is 54.4 Å². The van der Waals surface area contributed by atoms with E-state index in [1.165, 1.54) is 11.3 Å². The van der Waals surface area contributed by atoms with Crippen molar-refractivity contribution in [3.8, 4) is 11.5 Å². The fraction of sp³-hybridized carbons (Fsp3) is 0.520. The van der Waals surface area contributed by atoms with Gasteiger partial charge in [-0.3, -0.25) is 4.90 Å². The van der Waals surface area contributed by atoms with Crippen LogP contribution in [-0.2, 0) is 4.74 Å². The Morgan fingerprint density at radius 3 is 2.13 bits per heavy atom. The quantitative estimate of drug-likeness (QED) is 0.554. The Kier molecular flexibility index (Phi) is 9.00. The largest absolute Gasteiger partial charge is 0.497 e. The first-order valence-electron chi connectivity index (χ1n) is 11.1. The van der Waals surface area contributed by atoms with Crippen molar-refractivity contribution < 1.29 is 19.3 Å². The van der Waals surface area contributed by atoms with Gasteiger partial charge in [0.1, 0.15) is 18.1 Å². The fourth-order valence-electron chi connectivity index (χ4n) is 3.72. The number of methoxy groups -OCH3 is 1. The highest BCUT2D eigenvalue weighted by molar-refractivity contribution is 5.49. The summed E-state index contributed by atoms with van der Waals surface area (Å²) in [7, 11) is 1.68. The molecular weight excluding hydrogens is 392 g/mol. The lowest BCUT2D eigenvalue weighted by molar-refractivity contribution is 0.00718. The van der Waals surface area contributed by atoms with E-state index in [4.69, 9.17) is 14.2 Å². The van der Waals surface area contributed by atoms with Crippen LogP contribution in [-0.4, -0.2) is 75.8 Å². The molecule has 0 radical (unpaired) electrons. The van der Waals surface area contributed by atoms with Crippen LogP contribution in [0, 0.1) is 0 Å². The Balaban J connectivity index is 1.27. The summed E-state index contributed by atoms with van der Waals surface area (Å²) in [6.07, 6.45) is -0.488. The highest BCUT2D eigenvalue weighted by Crippen LogP contribution is 2.21. The first-order chi connectivity index (χ1) is 15.0. The van der Waals surface area contributed by atoms with Gasteiger partial charge in [-0.2, -0.15) is 0 Å². The molecule has 6 nitrogen and oxygen atoms in total. The van der Waals surface area contributed by atoms with Gasteiger partial charge in [0, 0.05) is 38.4 Å². The van der Waals surface area contributed by atoms with Crippen molar-refractivity contribution >= 4 is 5.69 Å². The highest BCUT2D eigenvalue weighted by atomic mass is 16.5. The molecular formula is C25H36N2O4. The van der Waals surface area contributed by atoms with Crippen molar-refractivity contribution in [3.05, 3.63) is 54.1 Å². The van der Waals surface area contributed by atoms with E-state index in [0.717, 1.165) is 37.7 Å². The molecule has 3 rings (SSSR count). The summed E-state index contributed by atoms with van der Waals surface area (Å²) in [5.41, 5.74) is 2.51. The van der Waals surface area contributed by atoms with E-state index in [-0.39, 0.29) is 0 Å². The van der Waals surface area contributed by atoms with Gasteiger partial charge in [0.2, 0.25) is 0 Å². The third kappa shape index (κ3) is 7.42. The molecule has 0 saturated carbocycles. The zero-order chi connectivity index (χ0) is 22.1. The van der Waals surface area contributed by atoms with Crippen LogP contribution >= 0.6 is 0 Å². The Bertz CT molecular complexity index is 756. The summed E-state index contributed by atoms with van der Waals surface area (Å²) in [4.78, 5) is 4.66. The maximum Gasteiger partial charge on any atom is 0.119 e. The number of aliphatic hydroxyl groups excluding tert-OH is 1. The number of anilines is 1. The number of benzene rings is 2. The molecule has 1 fully saturated rings. The number of nitrogens with zero attached hydrogens (tertiary/aromatic N) is 2. The SMILES string of the molecule is COc1ccc(N2CCN(C[C@H](O)COCCOc3ccc(C(C)C)cc3)CC2)cc1. The number of aliphatic hydroxyl groups is 1.